The van der Waals surface area contributed by atoms with Crippen molar-refractivity contribution in [2.75, 3.05) is 39.9 Å². The van der Waals surface area contributed by atoms with E-state index in [0.29, 0.717) is 0 Å². The summed E-state index contributed by atoms with van der Waals surface area (Å²) in [6, 6.07) is 6.09. The Morgan fingerprint density at radius 3 is 2.55 bits per heavy atom. The summed E-state index contributed by atoms with van der Waals surface area (Å²) in [4.78, 5) is 2.41. The van der Waals surface area contributed by atoms with Crippen molar-refractivity contribution in [3.8, 4) is 11.5 Å². The van der Waals surface area contributed by atoms with Gasteiger partial charge in [0.25, 0.3) is 0 Å². The molecular weight excluding hydrogens is 276 g/mol. The van der Waals surface area contributed by atoms with Crippen LogP contribution >= 0.6 is 0 Å². The van der Waals surface area contributed by atoms with Crippen LogP contribution in [-0.2, 0) is 6.54 Å². The molecule has 1 rings (SSSR count). The Labute approximate surface area is 135 Å². The van der Waals surface area contributed by atoms with E-state index >= 15 is 0 Å². The van der Waals surface area contributed by atoms with Gasteiger partial charge in [0.1, 0.15) is 0 Å². The topological polar surface area (TPSA) is 33.7 Å². The molecule has 0 heterocycles. The maximum Gasteiger partial charge on any atom is 0.165 e. The van der Waals surface area contributed by atoms with E-state index in [9.17, 15) is 0 Å². The Morgan fingerprint density at radius 1 is 1.14 bits per heavy atom. The number of ether oxygens (including phenoxy) is 2. The van der Waals surface area contributed by atoms with E-state index in [4.69, 9.17) is 9.47 Å². The Morgan fingerprint density at radius 2 is 1.91 bits per heavy atom. The van der Waals surface area contributed by atoms with Crippen LogP contribution in [-0.4, -0.2) is 44.8 Å². The van der Waals surface area contributed by atoms with E-state index in [-0.39, 0.29) is 0 Å². The molecule has 0 aliphatic rings. The molecule has 0 aliphatic heterocycles. The summed E-state index contributed by atoms with van der Waals surface area (Å²) >= 11 is 0. The number of hydrogen-bond acceptors (Lipinski definition) is 4. The van der Waals surface area contributed by atoms with Gasteiger partial charge in [0.2, 0.25) is 0 Å². The summed E-state index contributed by atoms with van der Waals surface area (Å²) in [7, 11) is 1.69. The predicted molar refractivity (Wildman–Crippen MR) is 92.9 cm³/mol. The van der Waals surface area contributed by atoms with Gasteiger partial charge in [0.05, 0.1) is 13.7 Å². The third-order valence-corrected chi connectivity index (χ3v) is 3.84. The van der Waals surface area contributed by atoms with E-state index in [1.54, 1.807) is 7.11 Å². The van der Waals surface area contributed by atoms with E-state index in [0.717, 1.165) is 69.2 Å². The molecule has 0 spiro atoms. The molecule has 0 aromatic heterocycles. The third kappa shape index (κ3) is 6.24. The number of rotatable bonds is 12. The van der Waals surface area contributed by atoms with Crippen LogP contribution in [0.1, 0.15) is 39.2 Å². The van der Waals surface area contributed by atoms with Crippen LogP contribution in [0.4, 0.5) is 0 Å². The lowest BCUT2D eigenvalue weighted by molar-refractivity contribution is 0.283. The zero-order valence-corrected chi connectivity index (χ0v) is 14.7. The highest BCUT2D eigenvalue weighted by atomic mass is 16.5. The minimum Gasteiger partial charge on any atom is -0.493 e. The molecule has 0 unspecified atom stereocenters. The number of nitrogens with one attached hydrogen (secondary N) is 1. The minimum absolute atomic E-state index is 0.739. The van der Waals surface area contributed by atoms with Gasteiger partial charge in [-0.25, -0.2) is 0 Å². The molecule has 0 fully saturated rings. The Bertz CT molecular complexity index is 406. The average molecular weight is 308 g/mol. The lowest BCUT2D eigenvalue weighted by Gasteiger charge is -2.19. The number of benzene rings is 1. The van der Waals surface area contributed by atoms with Gasteiger partial charge in [-0.05, 0) is 25.6 Å². The van der Waals surface area contributed by atoms with Crippen molar-refractivity contribution in [2.45, 2.75) is 40.2 Å². The fourth-order valence-corrected chi connectivity index (χ4v) is 2.34. The van der Waals surface area contributed by atoms with Crippen LogP contribution in [0.5, 0.6) is 11.5 Å². The van der Waals surface area contributed by atoms with Crippen molar-refractivity contribution in [1.29, 1.82) is 0 Å². The van der Waals surface area contributed by atoms with Crippen LogP contribution in [0.15, 0.2) is 18.2 Å². The van der Waals surface area contributed by atoms with Gasteiger partial charge in [-0.1, -0.05) is 39.3 Å². The molecule has 126 valence electrons. The molecule has 1 aromatic rings. The number of nitrogens with zero attached hydrogens (tertiary/aromatic N) is 1. The van der Waals surface area contributed by atoms with E-state index in [2.05, 4.69) is 37.1 Å². The molecule has 1 N–H and O–H groups in total. The Kier molecular flexibility index (Phi) is 9.67. The van der Waals surface area contributed by atoms with E-state index in [1.165, 1.54) is 0 Å². The quantitative estimate of drug-likeness (QED) is 0.601. The summed E-state index contributed by atoms with van der Waals surface area (Å²) in [5.41, 5.74) is 1.16. The van der Waals surface area contributed by atoms with Crippen molar-refractivity contribution in [1.82, 2.24) is 10.2 Å². The van der Waals surface area contributed by atoms with E-state index < -0.39 is 0 Å². The number of methoxy groups -OCH3 is 1. The fourth-order valence-electron chi connectivity index (χ4n) is 2.34. The lowest BCUT2D eigenvalue weighted by Crippen LogP contribution is -2.31. The maximum absolute atomic E-state index is 5.94. The smallest absolute Gasteiger partial charge is 0.165 e. The van der Waals surface area contributed by atoms with Gasteiger partial charge in [0.15, 0.2) is 11.5 Å². The standard InChI is InChI=1S/C18H32N2O2/c1-5-8-14-22-18-16(10-9-11-17(18)21-4)15-19-12-13-20(6-2)7-3/h9-11,19H,5-8,12-15H2,1-4H3. The fraction of sp³-hybridized carbons (Fsp3) is 0.667. The highest BCUT2D eigenvalue weighted by Crippen LogP contribution is 2.31. The summed E-state index contributed by atoms with van der Waals surface area (Å²) in [6.45, 7) is 12.4. The molecule has 4 nitrogen and oxygen atoms in total. The predicted octanol–water partition coefficient (Wildman–Crippen LogP) is 3.31. The number of unbranched alkanes of at least 4 members (excludes halogenated alkanes) is 1. The highest BCUT2D eigenvalue weighted by Gasteiger charge is 2.10. The van der Waals surface area contributed by atoms with Crippen LogP contribution in [0.2, 0.25) is 0 Å². The monoisotopic (exact) mass is 308 g/mol. The second-order valence-electron chi connectivity index (χ2n) is 5.35. The second kappa shape index (κ2) is 11.3. The van der Waals surface area contributed by atoms with Crippen LogP contribution in [0, 0.1) is 0 Å². The minimum atomic E-state index is 0.739. The first-order valence-corrected chi connectivity index (χ1v) is 8.48. The summed E-state index contributed by atoms with van der Waals surface area (Å²) in [6.07, 6.45) is 2.19. The number of likely N-dealkylation sites (N-methyl/N-ethyl adjacent to an activating group) is 1. The van der Waals surface area contributed by atoms with E-state index in [1.807, 2.05) is 12.1 Å². The van der Waals surface area contributed by atoms with Gasteiger partial charge in [-0.15, -0.1) is 0 Å². The summed E-state index contributed by atoms with van der Waals surface area (Å²) < 4.78 is 11.4. The first kappa shape index (κ1) is 18.8. The molecular formula is C18H32N2O2. The molecule has 0 bridgehead atoms. The van der Waals surface area contributed by atoms with Crippen molar-refractivity contribution >= 4 is 0 Å². The second-order valence-corrected chi connectivity index (χ2v) is 5.35. The van der Waals surface area contributed by atoms with Gasteiger partial charge < -0.3 is 19.7 Å². The molecule has 0 aliphatic carbocycles. The summed E-state index contributed by atoms with van der Waals surface area (Å²) in [5.74, 6) is 1.70. The van der Waals surface area contributed by atoms with Crippen LogP contribution in [0.3, 0.4) is 0 Å². The van der Waals surface area contributed by atoms with Crippen molar-refractivity contribution in [2.24, 2.45) is 0 Å². The molecule has 0 saturated carbocycles. The lowest BCUT2D eigenvalue weighted by atomic mass is 10.2. The zero-order chi connectivity index (χ0) is 16.2. The third-order valence-electron chi connectivity index (χ3n) is 3.84. The van der Waals surface area contributed by atoms with Crippen molar-refractivity contribution in [3.05, 3.63) is 23.8 Å². The Balaban J connectivity index is 2.57. The highest BCUT2D eigenvalue weighted by molar-refractivity contribution is 5.46. The molecule has 22 heavy (non-hydrogen) atoms. The normalized spacial score (nSPS) is 11.0. The maximum atomic E-state index is 5.94. The van der Waals surface area contributed by atoms with Crippen molar-refractivity contribution < 1.29 is 9.47 Å². The molecule has 4 heteroatoms. The van der Waals surface area contributed by atoms with Crippen LogP contribution < -0.4 is 14.8 Å². The molecule has 0 radical (unpaired) electrons. The largest absolute Gasteiger partial charge is 0.493 e. The first-order chi connectivity index (χ1) is 10.8. The van der Waals surface area contributed by atoms with Crippen molar-refractivity contribution in [3.63, 3.8) is 0 Å². The SMILES string of the molecule is CCCCOc1c(CNCCN(CC)CC)cccc1OC. The van der Waals surface area contributed by atoms with Gasteiger partial charge in [0, 0.05) is 25.2 Å². The summed E-state index contributed by atoms with van der Waals surface area (Å²) in [5, 5.41) is 3.51. The molecule has 0 saturated heterocycles. The van der Waals surface area contributed by atoms with Gasteiger partial charge in [-0.2, -0.15) is 0 Å². The van der Waals surface area contributed by atoms with Gasteiger partial charge in [-0.3, -0.25) is 0 Å². The average Bonchev–Trinajstić information content (AvgIpc) is 2.56. The molecule has 0 amide bonds. The molecule has 1 aromatic carbocycles. The number of para-hydroxylation sites is 1. The first-order valence-electron chi connectivity index (χ1n) is 8.48. The zero-order valence-electron chi connectivity index (χ0n) is 14.7. The Hall–Kier alpha value is -1.26. The van der Waals surface area contributed by atoms with Gasteiger partial charge >= 0.3 is 0 Å². The number of hydrogen-bond donors (Lipinski definition) is 1. The van der Waals surface area contributed by atoms with Crippen LogP contribution in [0.25, 0.3) is 0 Å². The molecule has 0 atom stereocenters.